The Morgan fingerprint density at radius 1 is 1.27 bits per heavy atom. The lowest BCUT2D eigenvalue weighted by atomic mass is 9.89. The first-order valence-corrected chi connectivity index (χ1v) is 11.9. The van der Waals surface area contributed by atoms with Crippen molar-refractivity contribution in [2.45, 2.75) is 32.7 Å². The number of allylic oxidation sites excluding steroid dienone is 1. The summed E-state index contributed by atoms with van der Waals surface area (Å²) in [5.41, 5.74) is 3.01. The molecule has 3 aromatic heterocycles. The zero-order valence-corrected chi connectivity index (χ0v) is 20.3. The average Bonchev–Trinajstić information content (AvgIpc) is 3.68. The fourth-order valence-electron chi connectivity index (χ4n) is 4.71. The van der Waals surface area contributed by atoms with E-state index in [9.17, 15) is 18.0 Å². The number of hydrogen-bond acceptors (Lipinski definition) is 5. The maximum Gasteiger partial charge on any atom is 0.280 e. The molecule has 1 atom stereocenters. The van der Waals surface area contributed by atoms with E-state index in [0.717, 1.165) is 11.4 Å². The lowest BCUT2D eigenvalue weighted by Crippen LogP contribution is -2.39. The summed E-state index contributed by atoms with van der Waals surface area (Å²) in [6.07, 6.45) is 3.09. The summed E-state index contributed by atoms with van der Waals surface area (Å²) in [6.45, 7) is 2.66. The van der Waals surface area contributed by atoms with Gasteiger partial charge in [-0.1, -0.05) is 13.0 Å². The summed E-state index contributed by atoms with van der Waals surface area (Å²) < 4.78 is 46.8. The topological polar surface area (TPSA) is 92.3 Å². The fourth-order valence-corrected chi connectivity index (χ4v) is 4.71. The Morgan fingerprint density at radius 3 is 2.81 bits per heavy atom. The van der Waals surface area contributed by atoms with Crippen LogP contribution in [0.1, 0.15) is 30.4 Å². The highest BCUT2D eigenvalue weighted by Gasteiger charge is 2.40. The molecule has 0 saturated carbocycles. The summed E-state index contributed by atoms with van der Waals surface area (Å²) in [7, 11) is 1.75. The molecule has 1 aromatic carbocycles. The molecule has 0 fully saturated rings. The minimum absolute atomic E-state index is 0.0936. The van der Waals surface area contributed by atoms with Gasteiger partial charge in [0.1, 0.15) is 22.8 Å². The summed E-state index contributed by atoms with van der Waals surface area (Å²) in [4.78, 5) is 26.2. The van der Waals surface area contributed by atoms with Crippen LogP contribution in [-0.4, -0.2) is 49.2 Å². The first-order valence-electron chi connectivity index (χ1n) is 11.9. The predicted octanol–water partition coefficient (Wildman–Crippen LogP) is 4.65. The molecule has 11 heteroatoms. The predicted molar refractivity (Wildman–Crippen MR) is 130 cm³/mol. The van der Waals surface area contributed by atoms with Crippen molar-refractivity contribution >= 4 is 22.6 Å². The van der Waals surface area contributed by atoms with Gasteiger partial charge in [0, 0.05) is 32.1 Å². The number of H-pyrrole nitrogens is 1. The zero-order chi connectivity index (χ0) is 26.1. The van der Waals surface area contributed by atoms with Crippen LogP contribution in [0.15, 0.2) is 69.8 Å². The standard InChI is InChI=1S/C18H20F2N6O.C8H5FO/c1-3-10-14(18(27)26-7-5-11-13(8-26)22-9-21-11)16(17(19)20)23-15(10)12-4-6-25(2)24-12;9-7-2-1-3-8-6(7)4-5-10-8/h4,6,9-10,17H,3,5,7-8H2,1-2H3,(H,21,22);1-5H. The molecule has 0 radical (unpaired) electrons. The number of amides is 1. The average molecular weight is 511 g/mol. The number of alkyl halides is 2. The molecule has 1 amide bonds. The molecule has 5 heterocycles. The van der Waals surface area contributed by atoms with Gasteiger partial charge >= 0.3 is 0 Å². The summed E-state index contributed by atoms with van der Waals surface area (Å²) in [5, 5.41) is 4.83. The summed E-state index contributed by atoms with van der Waals surface area (Å²) in [6, 6.07) is 8.12. The van der Waals surface area contributed by atoms with Crippen molar-refractivity contribution in [3.63, 3.8) is 0 Å². The van der Waals surface area contributed by atoms with Crippen LogP contribution in [0, 0.1) is 11.7 Å². The molecule has 4 aromatic rings. The van der Waals surface area contributed by atoms with Gasteiger partial charge in [0.2, 0.25) is 0 Å². The van der Waals surface area contributed by atoms with E-state index in [0.29, 0.717) is 48.3 Å². The molecular formula is C26H25F3N6O2. The minimum Gasteiger partial charge on any atom is -0.464 e. The van der Waals surface area contributed by atoms with Crippen LogP contribution < -0.4 is 0 Å². The second-order valence-electron chi connectivity index (χ2n) is 8.81. The number of aromatic amines is 1. The maximum atomic E-state index is 13.7. The minimum atomic E-state index is -2.81. The third-order valence-corrected chi connectivity index (χ3v) is 6.52. The summed E-state index contributed by atoms with van der Waals surface area (Å²) in [5.74, 6) is -1.10. The second-order valence-corrected chi connectivity index (χ2v) is 8.81. The molecule has 1 unspecified atom stereocenters. The van der Waals surface area contributed by atoms with Crippen LogP contribution in [0.2, 0.25) is 0 Å². The Kier molecular flexibility index (Phi) is 6.68. The molecule has 6 rings (SSSR count). The summed E-state index contributed by atoms with van der Waals surface area (Å²) >= 11 is 0. The van der Waals surface area contributed by atoms with Gasteiger partial charge in [-0.3, -0.25) is 9.48 Å². The Hall–Kier alpha value is -4.15. The molecule has 0 bridgehead atoms. The third-order valence-electron chi connectivity index (χ3n) is 6.52. The van der Waals surface area contributed by atoms with E-state index in [1.165, 1.54) is 12.3 Å². The van der Waals surface area contributed by atoms with Gasteiger partial charge in [0.15, 0.2) is 0 Å². The van der Waals surface area contributed by atoms with E-state index in [4.69, 9.17) is 4.42 Å². The lowest BCUT2D eigenvalue weighted by Gasteiger charge is -2.28. The van der Waals surface area contributed by atoms with E-state index >= 15 is 0 Å². The van der Waals surface area contributed by atoms with E-state index in [-0.39, 0.29) is 17.3 Å². The Balaban J connectivity index is 0.000000233. The number of aromatic nitrogens is 4. The number of furan rings is 1. The lowest BCUT2D eigenvalue weighted by molar-refractivity contribution is -0.128. The Bertz CT molecular complexity index is 1500. The molecular weight excluding hydrogens is 485 g/mol. The first-order chi connectivity index (χ1) is 17.9. The molecule has 37 heavy (non-hydrogen) atoms. The van der Waals surface area contributed by atoms with Crippen molar-refractivity contribution < 1.29 is 22.4 Å². The number of aryl methyl sites for hydroxylation is 1. The molecule has 8 nitrogen and oxygen atoms in total. The van der Waals surface area contributed by atoms with Crippen molar-refractivity contribution in [3.05, 3.63) is 83.3 Å². The monoisotopic (exact) mass is 510 g/mol. The van der Waals surface area contributed by atoms with Gasteiger partial charge < -0.3 is 14.3 Å². The number of carbonyl (C=O) groups excluding carboxylic acids is 1. The normalized spacial score (nSPS) is 17.2. The van der Waals surface area contributed by atoms with Crippen molar-refractivity contribution in [3.8, 4) is 0 Å². The van der Waals surface area contributed by atoms with Gasteiger partial charge in [0.25, 0.3) is 12.3 Å². The number of rotatable bonds is 4. The zero-order valence-electron chi connectivity index (χ0n) is 20.3. The highest BCUT2D eigenvalue weighted by atomic mass is 19.3. The molecule has 2 aliphatic rings. The van der Waals surface area contributed by atoms with Crippen molar-refractivity contribution in [2.24, 2.45) is 18.0 Å². The van der Waals surface area contributed by atoms with Gasteiger partial charge in [-0.2, -0.15) is 5.10 Å². The van der Waals surface area contributed by atoms with Gasteiger partial charge in [-0.25, -0.2) is 23.1 Å². The molecule has 0 spiro atoms. The highest BCUT2D eigenvalue weighted by Crippen LogP contribution is 2.36. The van der Waals surface area contributed by atoms with Crippen molar-refractivity contribution in [1.82, 2.24) is 24.6 Å². The maximum absolute atomic E-state index is 13.7. The largest absolute Gasteiger partial charge is 0.464 e. The third kappa shape index (κ3) is 4.68. The fraction of sp³-hybridized carbons (Fsp3) is 0.308. The number of halogens is 3. The van der Waals surface area contributed by atoms with Crippen LogP contribution in [0.3, 0.4) is 0 Å². The number of fused-ring (bicyclic) bond motifs is 2. The van der Waals surface area contributed by atoms with Gasteiger partial charge in [0.05, 0.1) is 47.2 Å². The van der Waals surface area contributed by atoms with E-state index in [1.54, 1.807) is 53.4 Å². The number of nitrogens with one attached hydrogen (secondary N) is 1. The molecule has 0 aliphatic carbocycles. The van der Waals surface area contributed by atoms with Crippen LogP contribution in [0.25, 0.3) is 11.0 Å². The van der Waals surface area contributed by atoms with Crippen LogP contribution >= 0.6 is 0 Å². The molecule has 192 valence electrons. The van der Waals surface area contributed by atoms with Crippen LogP contribution in [-0.2, 0) is 24.8 Å². The van der Waals surface area contributed by atoms with E-state index in [1.807, 2.05) is 6.92 Å². The van der Waals surface area contributed by atoms with Gasteiger partial charge in [-0.15, -0.1) is 0 Å². The number of nitrogens with zero attached hydrogens (tertiary/aromatic N) is 5. The van der Waals surface area contributed by atoms with Crippen LogP contribution in [0.5, 0.6) is 0 Å². The molecule has 1 N–H and O–H groups in total. The Labute approximate surface area is 210 Å². The number of hydrogen-bond donors (Lipinski definition) is 1. The smallest absolute Gasteiger partial charge is 0.280 e. The van der Waals surface area contributed by atoms with E-state index < -0.39 is 18.0 Å². The van der Waals surface area contributed by atoms with E-state index in [2.05, 4.69) is 20.1 Å². The number of benzene rings is 1. The Morgan fingerprint density at radius 2 is 2.11 bits per heavy atom. The van der Waals surface area contributed by atoms with Crippen molar-refractivity contribution in [2.75, 3.05) is 6.54 Å². The quantitative estimate of drug-likeness (QED) is 0.433. The SMILES string of the molecule is CCC1C(c2ccn(C)n2)=NC(C(F)F)=C1C(=O)N1CCc2nc[nH]c2C1.Fc1cccc2occc12. The first kappa shape index (κ1) is 24.5. The molecule has 2 aliphatic heterocycles. The number of carbonyl (C=O) groups is 1. The highest BCUT2D eigenvalue weighted by molar-refractivity contribution is 6.12. The molecule has 0 saturated heterocycles. The number of imidazole rings is 1. The second kappa shape index (κ2) is 10.1. The number of aliphatic imine (C=N–C) groups is 1. The van der Waals surface area contributed by atoms with Crippen LogP contribution in [0.4, 0.5) is 13.2 Å². The van der Waals surface area contributed by atoms with Crippen molar-refractivity contribution in [1.29, 1.82) is 0 Å². The van der Waals surface area contributed by atoms with Gasteiger partial charge in [-0.05, 0) is 30.7 Å².